The Hall–Kier alpha value is -2.69. The Kier molecular flexibility index (Phi) is 6.07. The van der Waals surface area contributed by atoms with E-state index in [-0.39, 0.29) is 5.91 Å². The summed E-state index contributed by atoms with van der Waals surface area (Å²) < 4.78 is 10.4. The molecule has 0 bridgehead atoms. The van der Waals surface area contributed by atoms with Gasteiger partial charge in [0.25, 0.3) is 0 Å². The Morgan fingerprint density at radius 1 is 1.00 bits per heavy atom. The molecule has 2 aromatic rings. The molecule has 128 valence electrons. The van der Waals surface area contributed by atoms with Crippen LogP contribution in [0.15, 0.2) is 36.4 Å². The van der Waals surface area contributed by atoms with E-state index in [4.69, 9.17) is 9.47 Å². The zero-order valence-electron chi connectivity index (χ0n) is 14.6. The van der Waals surface area contributed by atoms with Gasteiger partial charge in [0.15, 0.2) is 0 Å². The van der Waals surface area contributed by atoms with Crippen LogP contribution in [0.2, 0.25) is 0 Å². The van der Waals surface area contributed by atoms with E-state index in [2.05, 4.69) is 36.6 Å². The molecule has 5 nitrogen and oxygen atoms in total. The molecule has 0 aromatic heterocycles. The number of rotatable bonds is 7. The molecule has 24 heavy (non-hydrogen) atoms. The summed E-state index contributed by atoms with van der Waals surface area (Å²) in [5.41, 5.74) is 4.10. The lowest BCUT2D eigenvalue weighted by atomic mass is 10.1. The van der Waals surface area contributed by atoms with Gasteiger partial charge in [-0.05, 0) is 49.2 Å². The SMILES string of the molecule is COc1ccc(OC)c(NC(=O)CCNc2ccc(C)c(C)c2)c1. The van der Waals surface area contributed by atoms with Crippen LogP contribution in [0, 0.1) is 13.8 Å². The Morgan fingerprint density at radius 2 is 1.79 bits per heavy atom. The molecule has 1 amide bonds. The Labute approximate surface area is 143 Å². The predicted octanol–water partition coefficient (Wildman–Crippen LogP) is 3.76. The molecule has 2 rings (SSSR count). The first-order chi connectivity index (χ1) is 11.5. The number of anilines is 2. The summed E-state index contributed by atoms with van der Waals surface area (Å²) >= 11 is 0. The molecule has 0 heterocycles. The smallest absolute Gasteiger partial charge is 0.226 e. The van der Waals surface area contributed by atoms with Crippen molar-refractivity contribution < 1.29 is 14.3 Å². The van der Waals surface area contributed by atoms with Crippen LogP contribution in [0.4, 0.5) is 11.4 Å². The highest BCUT2D eigenvalue weighted by Gasteiger charge is 2.09. The summed E-state index contributed by atoms with van der Waals surface area (Å²) in [6.07, 6.45) is 0.354. The third kappa shape index (κ3) is 4.65. The normalized spacial score (nSPS) is 10.2. The summed E-state index contributed by atoms with van der Waals surface area (Å²) in [4.78, 5) is 12.1. The van der Waals surface area contributed by atoms with E-state index < -0.39 is 0 Å². The second-order valence-electron chi connectivity index (χ2n) is 5.59. The molecule has 0 aliphatic rings. The van der Waals surface area contributed by atoms with Gasteiger partial charge in [-0.25, -0.2) is 0 Å². The molecule has 2 N–H and O–H groups in total. The maximum Gasteiger partial charge on any atom is 0.226 e. The monoisotopic (exact) mass is 328 g/mol. The number of carbonyl (C=O) groups is 1. The Balaban J connectivity index is 1.90. The van der Waals surface area contributed by atoms with Gasteiger partial charge >= 0.3 is 0 Å². The van der Waals surface area contributed by atoms with Gasteiger partial charge in [-0.2, -0.15) is 0 Å². The zero-order valence-corrected chi connectivity index (χ0v) is 14.6. The first-order valence-corrected chi connectivity index (χ1v) is 7.86. The molecule has 0 aliphatic carbocycles. The van der Waals surface area contributed by atoms with Crippen molar-refractivity contribution in [3.8, 4) is 11.5 Å². The number of benzene rings is 2. The number of carbonyl (C=O) groups excluding carboxylic acids is 1. The van der Waals surface area contributed by atoms with Crippen molar-refractivity contribution in [3.05, 3.63) is 47.5 Å². The van der Waals surface area contributed by atoms with Crippen LogP contribution < -0.4 is 20.1 Å². The van der Waals surface area contributed by atoms with Gasteiger partial charge in [0.1, 0.15) is 11.5 Å². The van der Waals surface area contributed by atoms with E-state index in [9.17, 15) is 4.79 Å². The highest BCUT2D eigenvalue weighted by atomic mass is 16.5. The van der Waals surface area contributed by atoms with Crippen molar-refractivity contribution in [1.82, 2.24) is 0 Å². The lowest BCUT2D eigenvalue weighted by Gasteiger charge is -2.12. The summed E-state index contributed by atoms with van der Waals surface area (Å²) in [5.74, 6) is 1.18. The first-order valence-electron chi connectivity index (χ1n) is 7.86. The fraction of sp³-hybridized carbons (Fsp3) is 0.316. The molecule has 0 saturated carbocycles. The standard InChI is InChI=1S/C19H24N2O3/c1-13-5-6-15(11-14(13)2)20-10-9-19(22)21-17-12-16(23-3)7-8-18(17)24-4/h5-8,11-12,20H,9-10H2,1-4H3,(H,21,22). The minimum absolute atomic E-state index is 0.0853. The summed E-state index contributed by atoms with van der Waals surface area (Å²) in [5, 5.41) is 6.12. The molecule has 5 heteroatoms. The highest BCUT2D eigenvalue weighted by molar-refractivity contribution is 5.92. The molecule has 0 atom stereocenters. The van der Waals surface area contributed by atoms with Crippen LogP contribution >= 0.6 is 0 Å². The lowest BCUT2D eigenvalue weighted by molar-refractivity contribution is -0.115. The van der Waals surface area contributed by atoms with Gasteiger partial charge in [-0.15, -0.1) is 0 Å². The number of aryl methyl sites for hydroxylation is 2. The van der Waals surface area contributed by atoms with Crippen LogP contribution in [0.5, 0.6) is 11.5 Å². The summed E-state index contributed by atoms with van der Waals surface area (Å²) in [6.45, 7) is 4.71. The van der Waals surface area contributed by atoms with Gasteiger partial charge in [0.05, 0.1) is 19.9 Å². The van der Waals surface area contributed by atoms with E-state index in [1.54, 1.807) is 32.4 Å². The number of hydrogen-bond acceptors (Lipinski definition) is 4. The molecule has 0 saturated heterocycles. The van der Waals surface area contributed by atoms with E-state index in [1.165, 1.54) is 11.1 Å². The fourth-order valence-corrected chi connectivity index (χ4v) is 2.30. The van der Waals surface area contributed by atoms with Crippen LogP contribution in [-0.2, 0) is 4.79 Å². The number of ether oxygens (including phenoxy) is 2. The van der Waals surface area contributed by atoms with E-state index in [1.807, 2.05) is 6.07 Å². The van der Waals surface area contributed by atoms with Crippen molar-refractivity contribution in [2.45, 2.75) is 20.3 Å². The van der Waals surface area contributed by atoms with Crippen molar-refractivity contribution in [2.75, 3.05) is 31.4 Å². The van der Waals surface area contributed by atoms with Crippen molar-refractivity contribution in [3.63, 3.8) is 0 Å². The van der Waals surface area contributed by atoms with Crippen LogP contribution in [0.3, 0.4) is 0 Å². The topological polar surface area (TPSA) is 59.6 Å². The molecular formula is C19H24N2O3. The second-order valence-corrected chi connectivity index (χ2v) is 5.59. The van der Waals surface area contributed by atoms with Crippen molar-refractivity contribution >= 4 is 17.3 Å². The van der Waals surface area contributed by atoms with E-state index >= 15 is 0 Å². The molecule has 0 fully saturated rings. The van der Waals surface area contributed by atoms with Gasteiger partial charge < -0.3 is 20.1 Å². The van der Waals surface area contributed by atoms with Gasteiger partial charge in [-0.1, -0.05) is 6.07 Å². The van der Waals surface area contributed by atoms with E-state index in [0.29, 0.717) is 30.2 Å². The minimum Gasteiger partial charge on any atom is -0.497 e. The number of hydrogen-bond donors (Lipinski definition) is 2. The average molecular weight is 328 g/mol. The van der Waals surface area contributed by atoms with E-state index in [0.717, 1.165) is 5.69 Å². The number of nitrogens with one attached hydrogen (secondary N) is 2. The predicted molar refractivity (Wildman–Crippen MR) is 97.2 cm³/mol. The molecule has 0 aliphatic heterocycles. The molecule has 0 radical (unpaired) electrons. The summed E-state index contributed by atoms with van der Waals surface area (Å²) in [6, 6.07) is 11.5. The Morgan fingerprint density at radius 3 is 2.46 bits per heavy atom. The first kappa shape index (κ1) is 17.7. The van der Waals surface area contributed by atoms with Crippen LogP contribution in [-0.4, -0.2) is 26.7 Å². The molecule has 2 aromatic carbocycles. The van der Waals surface area contributed by atoms with Crippen LogP contribution in [0.1, 0.15) is 17.5 Å². The zero-order chi connectivity index (χ0) is 17.5. The molecule has 0 unspecified atom stereocenters. The average Bonchev–Trinajstić information content (AvgIpc) is 2.58. The van der Waals surface area contributed by atoms with Crippen LogP contribution in [0.25, 0.3) is 0 Å². The number of amides is 1. The highest BCUT2D eigenvalue weighted by Crippen LogP contribution is 2.28. The third-order valence-electron chi connectivity index (χ3n) is 3.87. The fourth-order valence-electron chi connectivity index (χ4n) is 2.30. The largest absolute Gasteiger partial charge is 0.497 e. The second kappa shape index (κ2) is 8.24. The lowest BCUT2D eigenvalue weighted by Crippen LogP contribution is -2.16. The summed E-state index contributed by atoms with van der Waals surface area (Å²) in [7, 11) is 3.15. The maximum atomic E-state index is 12.1. The minimum atomic E-state index is -0.0853. The van der Waals surface area contributed by atoms with Gasteiger partial charge in [0.2, 0.25) is 5.91 Å². The number of methoxy groups -OCH3 is 2. The van der Waals surface area contributed by atoms with Crippen molar-refractivity contribution in [2.24, 2.45) is 0 Å². The van der Waals surface area contributed by atoms with Gasteiger partial charge in [-0.3, -0.25) is 4.79 Å². The van der Waals surface area contributed by atoms with Gasteiger partial charge in [0, 0.05) is 24.7 Å². The third-order valence-corrected chi connectivity index (χ3v) is 3.87. The Bertz CT molecular complexity index is 714. The van der Waals surface area contributed by atoms with Crippen molar-refractivity contribution in [1.29, 1.82) is 0 Å². The quantitative estimate of drug-likeness (QED) is 0.812. The molecular weight excluding hydrogens is 304 g/mol. The maximum absolute atomic E-state index is 12.1. The molecule has 0 spiro atoms.